The third-order valence-electron chi connectivity index (χ3n) is 2.97. The molecule has 0 aliphatic rings. The fraction of sp³-hybridized carbons (Fsp3) is 0.222. The average Bonchev–Trinajstić information content (AvgIpc) is 2.56. The normalized spacial score (nSPS) is 9.96. The molecule has 0 bridgehead atoms. The zero-order valence-electron chi connectivity index (χ0n) is 12.9. The summed E-state index contributed by atoms with van der Waals surface area (Å²) in [6.07, 6.45) is 0.955. The SMILES string of the molecule is CCCCOC(=O)c1ccc(OC(=O)Oc2ccccc2)cc1. The maximum atomic E-state index is 11.7. The largest absolute Gasteiger partial charge is 0.519 e. The molecule has 0 spiro atoms. The molecule has 0 aliphatic carbocycles. The molecule has 2 rings (SSSR count). The van der Waals surface area contributed by atoms with Gasteiger partial charge in [0, 0.05) is 0 Å². The third-order valence-corrected chi connectivity index (χ3v) is 2.97. The summed E-state index contributed by atoms with van der Waals surface area (Å²) in [4.78, 5) is 23.4. The Balaban J connectivity index is 1.87. The number of rotatable bonds is 6. The molecule has 0 heterocycles. The van der Waals surface area contributed by atoms with E-state index in [9.17, 15) is 9.59 Å². The van der Waals surface area contributed by atoms with Crippen molar-refractivity contribution in [2.24, 2.45) is 0 Å². The number of esters is 1. The number of ether oxygens (including phenoxy) is 3. The molecule has 0 N–H and O–H groups in total. The highest BCUT2D eigenvalue weighted by Crippen LogP contribution is 2.15. The van der Waals surface area contributed by atoms with Gasteiger partial charge in [0.1, 0.15) is 11.5 Å². The van der Waals surface area contributed by atoms with E-state index in [2.05, 4.69) is 0 Å². The van der Waals surface area contributed by atoms with Gasteiger partial charge in [-0.05, 0) is 42.8 Å². The summed E-state index contributed by atoms with van der Waals surface area (Å²) in [5.74, 6) is 0.293. The van der Waals surface area contributed by atoms with E-state index >= 15 is 0 Å². The predicted molar refractivity (Wildman–Crippen MR) is 84.7 cm³/mol. The van der Waals surface area contributed by atoms with Crippen molar-refractivity contribution in [1.82, 2.24) is 0 Å². The Labute approximate surface area is 134 Å². The molecule has 0 aromatic heterocycles. The van der Waals surface area contributed by atoms with Crippen LogP contribution in [0.3, 0.4) is 0 Å². The highest BCUT2D eigenvalue weighted by Gasteiger charge is 2.10. The second-order valence-electron chi connectivity index (χ2n) is 4.78. The van der Waals surface area contributed by atoms with Gasteiger partial charge in [-0.2, -0.15) is 0 Å². The number of hydrogen-bond donors (Lipinski definition) is 0. The van der Waals surface area contributed by atoms with Crippen LogP contribution in [0, 0.1) is 0 Å². The van der Waals surface area contributed by atoms with Crippen LogP contribution in [0.4, 0.5) is 4.79 Å². The van der Waals surface area contributed by atoms with Crippen molar-refractivity contribution >= 4 is 12.1 Å². The van der Waals surface area contributed by atoms with E-state index in [1.807, 2.05) is 13.0 Å². The van der Waals surface area contributed by atoms with Gasteiger partial charge in [-0.1, -0.05) is 31.5 Å². The molecule has 0 saturated carbocycles. The fourth-order valence-electron chi connectivity index (χ4n) is 1.75. The standard InChI is InChI=1S/C18H18O5/c1-2-3-13-21-17(19)14-9-11-16(12-10-14)23-18(20)22-15-7-5-4-6-8-15/h4-12H,2-3,13H2,1H3. The molecular weight excluding hydrogens is 296 g/mol. The zero-order chi connectivity index (χ0) is 16.5. The van der Waals surface area contributed by atoms with E-state index < -0.39 is 12.1 Å². The summed E-state index contributed by atoms with van der Waals surface area (Å²) < 4.78 is 15.1. The maximum absolute atomic E-state index is 11.7. The first kappa shape index (κ1) is 16.5. The van der Waals surface area contributed by atoms with Gasteiger partial charge < -0.3 is 14.2 Å². The Morgan fingerprint density at radius 2 is 1.48 bits per heavy atom. The van der Waals surface area contributed by atoms with Crippen molar-refractivity contribution in [3.8, 4) is 11.5 Å². The summed E-state index contributed by atoms with van der Waals surface area (Å²) in [7, 11) is 0. The average molecular weight is 314 g/mol. The molecule has 23 heavy (non-hydrogen) atoms. The van der Waals surface area contributed by atoms with Crippen molar-refractivity contribution in [1.29, 1.82) is 0 Å². The molecule has 2 aromatic carbocycles. The fourth-order valence-corrected chi connectivity index (χ4v) is 1.75. The maximum Gasteiger partial charge on any atom is 0.519 e. The smallest absolute Gasteiger partial charge is 0.462 e. The molecule has 0 saturated heterocycles. The van der Waals surface area contributed by atoms with E-state index in [0.717, 1.165) is 12.8 Å². The van der Waals surface area contributed by atoms with Crippen molar-refractivity contribution in [2.45, 2.75) is 19.8 Å². The zero-order valence-corrected chi connectivity index (χ0v) is 12.9. The van der Waals surface area contributed by atoms with E-state index in [1.54, 1.807) is 36.4 Å². The number of hydrogen-bond acceptors (Lipinski definition) is 5. The quantitative estimate of drug-likeness (QED) is 0.454. The van der Waals surface area contributed by atoms with Crippen LogP contribution in [0.25, 0.3) is 0 Å². The summed E-state index contributed by atoms with van der Waals surface area (Å²) in [5.41, 5.74) is 0.407. The molecule has 0 unspecified atom stereocenters. The minimum atomic E-state index is -0.838. The monoisotopic (exact) mass is 314 g/mol. The number of para-hydroxylation sites is 1. The Hall–Kier alpha value is -2.82. The number of benzene rings is 2. The van der Waals surface area contributed by atoms with Crippen molar-refractivity contribution < 1.29 is 23.8 Å². The highest BCUT2D eigenvalue weighted by molar-refractivity contribution is 5.89. The third kappa shape index (κ3) is 5.47. The molecule has 0 radical (unpaired) electrons. The minimum Gasteiger partial charge on any atom is -0.462 e. The van der Waals surface area contributed by atoms with Gasteiger partial charge in [0.25, 0.3) is 0 Å². The second-order valence-corrected chi connectivity index (χ2v) is 4.78. The Bertz CT molecular complexity index is 634. The Morgan fingerprint density at radius 3 is 2.09 bits per heavy atom. The lowest BCUT2D eigenvalue weighted by Crippen LogP contribution is -2.13. The lowest BCUT2D eigenvalue weighted by Gasteiger charge is -2.07. The first-order valence-electron chi connectivity index (χ1n) is 7.41. The number of carbonyl (C=O) groups excluding carboxylic acids is 2. The minimum absolute atomic E-state index is 0.288. The molecule has 0 atom stereocenters. The van der Waals surface area contributed by atoms with Gasteiger partial charge in [-0.3, -0.25) is 0 Å². The Morgan fingerprint density at radius 1 is 0.870 bits per heavy atom. The highest BCUT2D eigenvalue weighted by atomic mass is 16.7. The summed E-state index contributed by atoms with van der Waals surface area (Å²) >= 11 is 0. The van der Waals surface area contributed by atoms with Crippen LogP contribution in [-0.2, 0) is 4.74 Å². The van der Waals surface area contributed by atoms with E-state index in [-0.39, 0.29) is 5.75 Å². The van der Waals surface area contributed by atoms with E-state index in [1.165, 1.54) is 12.1 Å². The van der Waals surface area contributed by atoms with E-state index in [4.69, 9.17) is 14.2 Å². The van der Waals surface area contributed by atoms with Gasteiger partial charge in [0.2, 0.25) is 0 Å². The summed E-state index contributed by atoms with van der Waals surface area (Å²) in [6, 6.07) is 14.7. The van der Waals surface area contributed by atoms with Gasteiger partial charge in [0.15, 0.2) is 0 Å². The van der Waals surface area contributed by atoms with Crippen LogP contribution in [0.1, 0.15) is 30.1 Å². The molecule has 0 aliphatic heterocycles. The molecule has 5 nitrogen and oxygen atoms in total. The van der Waals surface area contributed by atoms with Crippen molar-refractivity contribution in [2.75, 3.05) is 6.61 Å². The molecule has 2 aromatic rings. The van der Waals surface area contributed by atoms with Gasteiger partial charge in [0.05, 0.1) is 12.2 Å². The van der Waals surface area contributed by atoms with Crippen LogP contribution in [-0.4, -0.2) is 18.7 Å². The van der Waals surface area contributed by atoms with Gasteiger partial charge in [-0.15, -0.1) is 0 Å². The second kappa shape index (κ2) is 8.58. The van der Waals surface area contributed by atoms with Crippen molar-refractivity contribution in [3.05, 3.63) is 60.2 Å². The summed E-state index contributed by atoms with van der Waals surface area (Å²) in [5, 5.41) is 0. The molecule has 120 valence electrons. The lowest BCUT2D eigenvalue weighted by molar-refractivity contribution is 0.0499. The van der Waals surface area contributed by atoms with Crippen LogP contribution in [0.15, 0.2) is 54.6 Å². The van der Waals surface area contributed by atoms with Crippen molar-refractivity contribution in [3.63, 3.8) is 0 Å². The molecule has 5 heteroatoms. The molecule has 0 amide bonds. The van der Waals surface area contributed by atoms with E-state index in [0.29, 0.717) is 17.9 Å². The lowest BCUT2D eigenvalue weighted by atomic mass is 10.2. The first-order valence-corrected chi connectivity index (χ1v) is 7.41. The van der Waals surface area contributed by atoms with Crippen LogP contribution in [0.2, 0.25) is 0 Å². The predicted octanol–water partition coefficient (Wildman–Crippen LogP) is 4.22. The topological polar surface area (TPSA) is 61.8 Å². The molecule has 0 fully saturated rings. The Kier molecular flexibility index (Phi) is 6.17. The number of unbranched alkanes of at least 4 members (excludes halogenated alkanes) is 1. The van der Waals surface area contributed by atoms with Gasteiger partial charge >= 0.3 is 12.1 Å². The van der Waals surface area contributed by atoms with Crippen LogP contribution >= 0.6 is 0 Å². The summed E-state index contributed by atoms with van der Waals surface area (Å²) in [6.45, 7) is 2.42. The van der Waals surface area contributed by atoms with Crippen LogP contribution in [0.5, 0.6) is 11.5 Å². The van der Waals surface area contributed by atoms with Gasteiger partial charge in [-0.25, -0.2) is 9.59 Å². The number of carbonyl (C=O) groups is 2. The van der Waals surface area contributed by atoms with Crippen LogP contribution < -0.4 is 9.47 Å². The molecular formula is C18H18O5. The first-order chi connectivity index (χ1) is 11.2.